The maximum Gasteiger partial charge on any atom is 0.245 e. The molecule has 4 aromatic rings. The largest absolute Gasteiger partial charge is 0.481 e. The lowest BCUT2D eigenvalue weighted by molar-refractivity contribution is -0.125. The molecule has 3 aromatic heterocycles. The van der Waals surface area contributed by atoms with Crippen LogP contribution in [0.3, 0.4) is 0 Å². The number of methoxy groups -OCH3 is 1. The van der Waals surface area contributed by atoms with Gasteiger partial charge in [-0.1, -0.05) is 18.7 Å². The molecule has 2 atom stereocenters. The molecule has 10 heteroatoms. The number of benzene rings is 1. The van der Waals surface area contributed by atoms with Crippen LogP contribution in [0.25, 0.3) is 22.3 Å². The first-order valence-corrected chi connectivity index (χ1v) is 13.0. The first-order valence-electron chi connectivity index (χ1n) is 13.0. The second kappa shape index (κ2) is 9.94. The Kier molecular flexibility index (Phi) is 6.30. The quantitative estimate of drug-likeness (QED) is 0.238. The Hall–Kier alpha value is -4.60. The van der Waals surface area contributed by atoms with Gasteiger partial charge in [0.25, 0.3) is 0 Å². The van der Waals surface area contributed by atoms with Crippen LogP contribution in [0.4, 0.5) is 11.6 Å². The number of nitrogens with zero attached hydrogens (tertiary/aromatic N) is 7. The van der Waals surface area contributed by atoms with Crippen molar-refractivity contribution in [3.8, 4) is 11.3 Å². The summed E-state index contributed by atoms with van der Waals surface area (Å²) in [7, 11) is 1.60. The van der Waals surface area contributed by atoms with E-state index in [1.54, 1.807) is 13.3 Å². The molecule has 39 heavy (non-hydrogen) atoms. The summed E-state index contributed by atoms with van der Waals surface area (Å²) in [5.41, 5.74) is 10.6. The zero-order valence-electron chi connectivity index (χ0n) is 22.0. The number of hydrogen-bond acceptors (Lipinski definition) is 8. The number of amides is 1. The summed E-state index contributed by atoms with van der Waals surface area (Å²) in [6.07, 6.45) is 6.49. The molecule has 0 bridgehead atoms. The van der Waals surface area contributed by atoms with Gasteiger partial charge in [-0.2, -0.15) is 10.1 Å². The van der Waals surface area contributed by atoms with Gasteiger partial charge in [0, 0.05) is 30.4 Å². The number of nitrogen functional groups attached to an aromatic ring is 1. The van der Waals surface area contributed by atoms with Gasteiger partial charge in [0.1, 0.15) is 17.8 Å². The van der Waals surface area contributed by atoms with Gasteiger partial charge in [-0.05, 0) is 67.5 Å². The van der Waals surface area contributed by atoms with Crippen molar-refractivity contribution in [2.45, 2.75) is 25.8 Å². The van der Waals surface area contributed by atoms with E-state index in [9.17, 15) is 4.79 Å². The van der Waals surface area contributed by atoms with Crippen LogP contribution in [0.5, 0.6) is 0 Å². The van der Waals surface area contributed by atoms with E-state index in [1.165, 1.54) is 12.4 Å². The standard InChI is InChI=1S/C29H30N8O2/c1-4-24(38)36-14-20-12-22(13-21(20)15-36)37-28-25(27(30)32-16-33-28)26(35-37)18-5-7-19(8-6-18)29(39-3)34-23-11-17(2)9-10-31-23/h4-11,16,20-22H,1,12-15H2,2-3H3,(H2,30,32,33). The summed E-state index contributed by atoms with van der Waals surface area (Å²) in [6, 6.07) is 11.9. The van der Waals surface area contributed by atoms with Crippen LogP contribution in [0.15, 0.2) is 66.6 Å². The van der Waals surface area contributed by atoms with Crippen LogP contribution < -0.4 is 5.73 Å². The molecule has 1 aliphatic carbocycles. The molecule has 2 unspecified atom stereocenters. The first kappa shape index (κ1) is 24.7. The monoisotopic (exact) mass is 522 g/mol. The smallest absolute Gasteiger partial charge is 0.245 e. The Morgan fingerprint density at radius 3 is 2.54 bits per heavy atom. The number of aromatic nitrogens is 5. The van der Waals surface area contributed by atoms with Crippen LogP contribution in [0.1, 0.15) is 30.0 Å². The summed E-state index contributed by atoms with van der Waals surface area (Å²) in [5, 5.41) is 5.78. The molecule has 6 rings (SSSR count). The van der Waals surface area contributed by atoms with E-state index in [4.69, 9.17) is 15.6 Å². The van der Waals surface area contributed by atoms with Crippen molar-refractivity contribution < 1.29 is 9.53 Å². The molecule has 1 aliphatic heterocycles. The molecule has 2 aliphatic rings. The van der Waals surface area contributed by atoms with Crippen molar-refractivity contribution in [3.05, 3.63) is 72.7 Å². The van der Waals surface area contributed by atoms with Crippen LogP contribution in [-0.4, -0.2) is 61.6 Å². The normalized spacial score (nSPS) is 20.8. The molecule has 4 heterocycles. The van der Waals surface area contributed by atoms with Crippen molar-refractivity contribution in [2.75, 3.05) is 25.9 Å². The number of hydrogen-bond donors (Lipinski definition) is 1. The molecule has 1 saturated heterocycles. The SMILES string of the molecule is C=CC(=O)N1CC2CC(n3nc(-c4ccc(C(=Nc5cc(C)ccn5)OC)cc4)c4c(N)ncnc43)CC2C1. The maximum absolute atomic E-state index is 12.1. The van der Waals surface area contributed by atoms with Crippen molar-refractivity contribution in [1.29, 1.82) is 0 Å². The Labute approximate surface area is 226 Å². The second-order valence-corrected chi connectivity index (χ2v) is 10.2. The molecule has 10 nitrogen and oxygen atoms in total. The van der Waals surface area contributed by atoms with Gasteiger partial charge >= 0.3 is 0 Å². The summed E-state index contributed by atoms with van der Waals surface area (Å²) in [4.78, 5) is 31.7. The number of likely N-dealkylation sites (tertiary alicyclic amines) is 1. The second-order valence-electron chi connectivity index (χ2n) is 10.2. The van der Waals surface area contributed by atoms with E-state index in [0.717, 1.165) is 59.3 Å². The van der Waals surface area contributed by atoms with Gasteiger partial charge in [-0.15, -0.1) is 0 Å². The first-order chi connectivity index (χ1) is 18.9. The van der Waals surface area contributed by atoms with Gasteiger partial charge in [0.15, 0.2) is 11.5 Å². The maximum atomic E-state index is 12.1. The van der Waals surface area contributed by atoms with Gasteiger partial charge in [0.2, 0.25) is 11.8 Å². The lowest BCUT2D eigenvalue weighted by Crippen LogP contribution is -2.28. The fourth-order valence-corrected chi connectivity index (χ4v) is 5.91. The average Bonchev–Trinajstić information content (AvgIpc) is 3.64. The Morgan fingerprint density at radius 2 is 1.87 bits per heavy atom. The third-order valence-electron chi connectivity index (χ3n) is 7.79. The number of carbonyl (C=O) groups excluding carboxylic acids is 1. The average molecular weight is 523 g/mol. The number of rotatable bonds is 5. The van der Waals surface area contributed by atoms with E-state index < -0.39 is 0 Å². The minimum Gasteiger partial charge on any atom is -0.481 e. The minimum absolute atomic E-state index is 0.00792. The van der Waals surface area contributed by atoms with Gasteiger partial charge in [0.05, 0.1) is 18.5 Å². The van der Waals surface area contributed by atoms with Crippen molar-refractivity contribution in [1.82, 2.24) is 29.6 Å². The van der Waals surface area contributed by atoms with E-state index in [0.29, 0.717) is 29.4 Å². The molecule has 2 fully saturated rings. The van der Waals surface area contributed by atoms with Crippen LogP contribution >= 0.6 is 0 Å². The van der Waals surface area contributed by atoms with Crippen LogP contribution in [0.2, 0.25) is 0 Å². The molecule has 198 valence electrons. The number of ether oxygens (including phenoxy) is 1. The van der Waals surface area contributed by atoms with Crippen molar-refractivity contribution >= 4 is 34.5 Å². The molecule has 1 saturated carbocycles. The fourth-order valence-electron chi connectivity index (χ4n) is 5.91. The van der Waals surface area contributed by atoms with Crippen molar-refractivity contribution in [3.63, 3.8) is 0 Å². The van der Waals surface area contributed by atoms with Crippen molar-refractivity contribution in [2.24, 2.45) is 16.8 Å². The Balaban J connectivity index is 1.31. The number of carbonyl (C=O) groups is 1. The Morgan fingerprint density at radius 1 is 1.13 bits per heavy atom. The van der Waals surface area contributed by atoms with Gasteiger partial charge < -0.3 is 15.4 Å². The Bertz CT molecular complexity index is 1580. The lowest BCUT2D eigenvalue weighted by Gasteiger charge is -2.18. The van der Waals surface area contributed by atoms with Gasteiger partial charge in [-0.3, -0.25) is 4.79 Å². The highest BCUT2D eigenvalue weighted by Gasteiger charge is 2.43. The predicted octanol–water partition coefficient (Wildman–Crippen LogP) is 4.10. The highest BCUT2D eigenvalue weighted by molar-refractivity contribution is 6.00. The van der Waals surface area contributed by atoms with Crippen LogP contribution in [0, 0.1) is 18.8 Å². The zero-order valence-corrected chi connectivity index (χ0v) is 22.0. The number of pyridine rings is 1. The molecule has 0 spiro atoms. The summed E-state index contributed by atoms with van der Waals surface area (Å²) in [5.74, 6) is 2.34. The fraction of sp³-hybridized carbons (Fsp3) is 0.310. The predicted molar refractivity (Wildman–Crippen MR) is 149 cm³/mol. The minimum atomic E-state index is 0.00792. The number of fused-ring (bicyclic) bond motifs is 2. The lowest BCUT2D eigenvalue weighted by atomic mass is 10.0. The summed E-state index contributed by atoms with van der Waals surface area (Å²) < 4.78 is 7.59. The topological polar surface area (TPSA) is 124 Å². The van der Waals surface area contributed by atoms with E-state index in [1.807, 2.05) is 52.9 Å². The van der Waals surface area contributed by atoms with Crippen LogP contribution in [-0.2, 0) is 9.53 Å². The summed E-state index contributed by atoms with van der Waals surface area (Å²) >= 11 is 0. The number of aliphatic imine (C=N–C) groups is 1. The molecule has 1 aromatic carbocycles. The highest BCUT2D eigenvalue weighted by Crippen LogP contribution is 2.45. The molecular weight excluding hydrogens is 492 g/mol. The van der Waals surface area contributed by atoms with E-state index in [-0.39, 0.29) is 11.9 Å². The summed E-state index contributed by atoms with van der Waals surface area (Å²) in [6.45, 7) is 7.15. The zero-order chi connectivity index (χ0) is 27.1. The molecular formula is C29H30N8O2. The van der Waals surface area contributed by atoms with E-state index in [2.05, 4.69) is 26.5 Å². The molecule has 1 amide bonds. The third kappa shape index (κ3) is 4.52. The highest BCUT2D eigenvalue weighted by atomic mass is 16.5. The van der Waals surface area contributed by atoms with E-state index >= 15 is 0 Å². The molecule has 2 N–H and O–H groups in total. The van der Waals surface area contributed by atoms with Gasteiger partial charge in [-0.25, -0.2) is 19.6 Å². The third-order valence-corrected chi connectivity index (χ3v) is 7.79. The number of aryl methyl sites for hydroxylation is 1. The number of nitrogens with two attached hydrogens (primary N) is 1. The molecule has 0 radical (unpaired) electrons. The number of anilines is 1.